The Labute approximate surface area is 165 Å². The first-order valence-corrected chi connectivity index (χ1v) is 10.0. The van der Waals surface area contributed by atoms with Gasteiger partial charge in [-0.15, -0.1) is 0 Å². The Morgan fingerprint density at radius 3 is 2.54 bits per heavy atom. The van der Waals surface area contributed by atoms with Crippen LogP contribution in [0.5, 0.6) is 0 Å². The van der Waals surface area contributed by atoms with Gasteiger partial charge in [0.2, 0.25) is 11.8 Å². The van der Waals surface area contributed by atoms with Gasteiger partial charge in [-0.25, -0.2) is 5.43 Å². The third-order valence-corrected chi connectivity index (χ3v) is 5.48. The average molecular weight is 375 g/mol. The van der Waals surface area contributed by atoms with Crippen molar-refractivity contribution in [2.75, 3.05) is 11.4 Å². The number of aryl methyl sites for hydroxylation is 2. The van der Waals surface area contributed by atoms with Crippen LogP contribution in [0.15, 0.2) is 53.6 Å². The van der Waals surface area contributed by atoms with Gasteiger partial charge in [0, 0.05) is 30.6 Å². The van der Waals surface area contributed by atoms with Crippen LogP contribution in [-0.2, 0) is 22.4 Å². The first-order chi connectivity index (χ1) is 13.7. The predicted octanol–water partition coefficient (Wildman–Crippen LogP) is 3.60. The van der Waals surface area contributed by atoms with Crippen LogP contribution in [0, 0.1) is 0 Å². The van der Waals surface area contributed by atoms with Gasteiger partial charge in [0.1, 0.15) is 0 Å². The van der Waals surface area contributed by atoms with E-state index in [2.05, 4.69) is 28.7 Å². The van der Waals surface area contributed by atoms with Crippen LogP contribution in [0.2, 0.25) is 0 Å². The Kier molecular flexibility index (Phi) is 5.51. The summed E-state index contributed by atoms with van der Waals surface area (Å²) in [5.74, 6) is -0.216. The zero-order valence-corrected chi connectivity index (χ0v) is 16.0. The van der Waals surface area contributed by atoms with Gasteiger partial charge in [-0.3, -0.25) is 9.59 Å². The standard InChI is InChI=1S/C23H25N3O2/c27-22(25-24-20-12-5-9-17-7-1-3-11-19(17)20)14-15-23(28)26-16-6-10-18-8-2-4-13-21(18)26/h1-4,7-8,11,13H,5-6,9-10,12,14-16H2,(H,25,27). The summed E-state index contributed by atoms with van der Waals surface area (Å²) in [5.41, 5.74) is 8.16. The smallest absolute Gasteiger partial charge is 0.240 e. The third-order valence-electron chi connectivity index (χ3n) is 5.48. The SMILES string of the molecule is O=C(CCC(=O)N1CCCc2ccccc21)NN=C1CCCc2ccccc21. The number of anilines is 1. The lowest BCUT2D eigenvalue weighted by molar-refractivity contribution is -0.125. The minimum absolute atomic E-state index is 0.00188. The molecule has 2 aliphatic rings. The molecule has 1 aliphatic carbocycles. The second-order valence-electron chi connectivity index (χ2n) is 7.38. The Hall–Kier alpha value is -2.95. The fraction of sp³-hybridized carbons (Fsp3) is 0.348. The van der Waals surface area contributed by atoms with Crippen molar-refractivity contribution in [3.8, 4) is 0 Å². The summed E-state index contributed by atoms with van der Waals surface area (Å²) in [5, 5.41) is 4.34. The number of nitrogens with zero attached hydrogens (tertiary/aromatic N) is 2. The molecule has 0 atom stereocenters. The summed E-state index contributed by atoms with van der Waals surface area (Å²) >= 11 is 0. The van der Waals surface area contributed by atoms with Crippen LogP contribution in [0.4, 0.5) is 5.69 Å². The molecule has 0 bridgehead atoms. The molecule has 28 heavy (non-hydrogen) atoms. The number of hydrogen-bond donors (Lipinski definition) is 1. The highest BCUT2D eigenvalue weighted by molar-refractivity contribution is 6.03. The number of fused-ring (bicyclic) bond motifs is 2. The normalized spacial score (nSPS) is 17.0. The van der Waals surface area contributed by atoms with Crippen molar-refractivity contribution in [1.29, 1.82) is 0 Å². The van der Waals surface area contributed by atoms with E-state index in [1.807, 2.05) is 35.2 Å². The molecule has 1 aliphatic heterocycles. The summed E-state index contributed by atoms with van der Waals surface area (Å²) < 4.78 is 0. The lowest BCUT2D eigenvalue weighted by Crippen LogP contribution is -2.36. The van der Waals surface area contributed by atoms with Gasteiger partial charge in [-0.2, -0.15) is 5.10 Å². The molecule has 2 amide bonds. The molecule has 0 unspecified atom stereocenters. The maximum Gasteiger partial charge on any atom is 0.240 e. The number of benzene rings is 2. The number of carbonyl (C=O) groups excluding carboxylic acids is 2. The van der Waals surface area contributed by atoms with E-state index in [-0.39, 0.29) is 24.7 Å². The van der Waals surface area contributed by atoms with E-state index in [0.29, 0.717) is 0 Å². The van der Waals surface area contributed by atoms with E-state index in [9.17, 15) is 9.59 Å². The van der Waals surface area contributed by atoms with Crippen LogP contribution in [0.1, 0.15) is 48.8 Å². The van der Waals surface area contributed by atoms with Crippen molar-refractivity contribution in [2.24, 2.45) is 5.10 Å². The average Bonchev–Trinajstić information content (AvgIpc) is 2.75. The van der Waals surface area contributed by atoms with Crippen LogP contribution in [0.25, 0.3) is 0 Å². The minimum atomic E-state index is -0.214. The summed E-state index contributed by atoms with van der Waals surface area (Å²) in [6, 6.07) is 16.2. The number of amides is 2. The summed E-state index contributed by atoms with van der Waals surface area (Å²) in [6.07, 6.45) is 5.26. The lowest BCUT2D eigenvalue weighted by Gasteiger charge is -2.29. The maximum atomic E-state index is 12.6. The molecule has 5 heteroatoms. The third kappa shape index (κ3) is 3.98. The highest BCUT2D eigenvalue weighted by Gasteiger charge is 2.22. The molecule has 0 aromatic heterocycles. The predicted molar refractivity (Wildman–Crippen MR) is 110 cm³/mol. The van der Waals surface area contributed by atoms with E-state index in [1.54, 1.807) is 0 Å². The highest BCUT2D eigenvalue weighted by atomic mass is 16.2. The lowest BCUT2D eigenvalue weighted by atomic mass is 9.90. The van der Waals surface area contributed by atoms with Crippen molar-refractivity contribution in [3.05, 3.63) is 65.2 Å². The molecule has 0 radical (unpaired) electrons. The van der Waals surface area contributed by atoms with Gasteiger partial charge in [0.05, 0.1) is 5.71 Å². The van der Waals surface area contributed by atoms with E-state index in [1.165, 1.54) is 11.1 Å². The van der Waals surface area contributed by atoms with Crippen molar-refractivity contribution in [1.82, 2.24) is 5.43 Å². The van der Waals surface area contributed by atoms with Crippen molar-refractivity contribution < 1.29 is 9.59 Å². The Morgan fingerprint density at radius 2 is 1.64 bits per heavy atom. The second-order valence-corrected chi connectivity index (χ2v) is 7.38. The summed E-state index contributed by atoms with van der Waals surface area (Å²) in [7, 11) is 0. The molecule has 1 heterocycles. The number of hydrogen-bond acceptors (Lipinski definition) is 3. The van der Waals surface area contributed by atoms with E-state index in [4.69, 9.17) is 0 Å². The van der Waals surface area contributed by atoms with Crippen LogP contribution < -0.4 is 10.3 Å². The molecular formula is C23H25N3O2. The van der Waals surface area contributed by atoms with Crippen LogP contribution >= 0.6 is 0 Å². The Balaban J connectivity index is 1.34. The summed E-state index contributed by atoms with van der Waals surface area (Å²) in [4.78, 5) is 26.7. The Morgan fingerprint density at radius 1 is 0.893 bits per heavy atom. The van der Waals surface area contributed by atoms with Gasteiger partial charge >= 0.3 is 0 Å². The first-order valence-electron chi connectivity index (χ1n) is 10.0. The number of rotatable bonds is 4. The molecule has 2 aromatic carbocycles. The zero-order chi connectivity index (χ0) is 19.3. The van der Waals surface area contributed by atoms with E-state index >= 15 is 0 Å². The topological polar surface area (TPSA) is 61.8 Å². The van der Waals surface area contributed by atoms with Crippen molar-refractivity contribution in [3.63, 3.8) is 0 Å². The molecule has 0 fully saturated rings. The first kappa shape index (κ1) is 18.4. The molecule has 0 saturated carbocycles. The molecule has 4 rings (SSSR count). The van der Waals surface area contributed by atoms with Gasteiger partial charge < -0.3 is 4.90 Å². The van der Waals surface area contributed by atoms with Gasteiger partial charge in [0.15, 0.2) is 0 Å². The molecule has 2 aromatic rings. The number of carbonyl (C=O) groups is 2. The summed E-state index contributed by atoms with van der Waals surface area (Å²) in [6.45, 7) is 0.719. The molecular weight excluding hydrogens is 350 g/mol. The molecule has 5 nitrogen and oxygen atoms in total. The van der Waals surface area contributed by atoms with Gasteiger partial charge in [-0.05, 0) is 49.3 Å². The van der Waals surface area contributed by atoms with Gasteiger partial charge in [-0.1, -0.05) is 42.5 Å². The largest absolute Gasteiger partial charge is 0.312 e. The van der Waals surface area contributed by atoms with E-state index in [0.717, 1.165) is 55.6 Å². The quantitative estimate of drug-likeness (QED) is 0.830. The second kappa shape index (κ2) is 8.38. The highest BCUT2D eigenvalue weighted by Crippen LogP contribution is 2.27. The van der Waals surface area contributed by atoms with Crippen molar-refractivity contribution >= 4 is 23.2 Å². The monoisotopic (exact) mass is 375 g/mol. The molecule has 1 N–H and O–H groups in total. The number of nitrogens with one attached hydrogen (secondary N) is 1. The van der Waals surface area contributed by atoms with E-state index < -0.39 is 0 Å². The zero-order valence-electron chi connectivity index (χ0n) is 16.0. The van der Waals surface area contributed by atoms with Crippen LogP contribution in [0.3, 0.4) is 0 Å². The fourth-order valence-corrected chi connectivity index (χ4v) is 4.05. The maximum absolute atomic E-state index is 12.6. The number of hydrazone groups is 1. The fourth-order valence-electron chi connectivity index (χ4n) is 4.05. The minimum Gasteiger partial charge on any atom is -0.312 e. The number of para-hydroxylation sites is 1. The molecule has 0 saturated heterocycles. The van der Waals surface area contributed by atoms with Crippen LogP contribution in [-0.4, -0.2) is 24.1 Å². The Bertz CT molecular complexity index is 920. The van der Waals surface area contributed by atoms with Gasteiger partial charge in [0.25, 0.3) is 0 Å². The molecule has 144 valence electrons. The molecule has 0 spiro atoms. The van der Waals surface area contributed by atoms with Crippen molar-refractivity contribution in [2.45, 2.75) is 44.9 Å².